The molecular weight excluding hydrogens is 393 g/mol. The molecule has 6 nitrogen and oxygen atoms in total. The number of ketones is 1. The van der Waals surface area contributed by atoms with Crippen LogP contribution in [0.25, 0.3) is 0 Å². The predicted octanol–water partition coefficient (Wildman–Crippen LogP) is 3.07. The van der Waals surface area contributed by atoms with Crippen LogP contribution in [-0.4, -0.2) is 44.1 Å². The Hall–Kier alpha value is -2.42. The third-order valence-corrected chi connectivity index (χ3v) is 4.89. The highest BCUT2D eigenvalue weighted by Gasteiger charge is 2.50. The Kier molecular flexibility index (Phi) is 7.40. The fourth-order valence-corrected chi connectivity index (χ4v) is 3.41. The number of esters is 2. The molecule has 1 saturated heterocycles. The molecule has 0 bridgehead atoms. The molecule has 1 aromatic carbocycles. The van der Waals surface area contributed by atoms with Crippen LogP contribution >= 0.6 is 0 Å². The summed E-state index contributed by atoms with van der Waals surface area (Å²) in [6.07, 6.45) is -4.29. The van der Waals surface area contributed by atoms with E-state index in [1.165, 1.54) is 26.0 Å². The molecule has 29 heavy (non-hydrogen) atoms. The molecule has 0 unspecified atom stereocenters. The summed E-state index contributed by atoms with van der Waals surface area (Å²) in [5.74, 6) is -4.63. The summed E-state index contributed by atoms with van der Waals surface area (Å²) in [4.78, 5) is 38.2. The second kappa shape index (κ2) is 9.39. The quantitative estimate of drug-likeness (QED) is 0.502. The van der Waals surface area contributed by atoms with Crippen LogP contribution in [0.4, 0.5) is 13.2 Å². The maximum absolute atomic E-state index is 13.5. The van der Waals surface area contributed by atoms with Crippen LogP contribution in [0.15, 0.2) is 24.3 Å². The van der Waals surface area contributed by atoms with Gasteiger partial charge in [-0.1, -0.05) is 12.1 Å². The number of benzene rings is 1. The van der Waals surface area contributed by atoms with Crippen LogP contribution < -0.4 is 0 Å². The Bertz CT molecular complexity index is 718. The largest absolute Gasteiger partial charge is 0.465 e. The summed E-state index contributed by atoms with van der Waals surface area (Å²) in [6, 6.07) is 4.17. The van der Waals surface area contributed by atoms with E-state index in [0.717, 1.165) is 12.1 Å². The van der Waals surface area contributed by atoms with Gasteiger partial charge in [0, 0.05) is 13.2 Å². The van der Waals surface area contributed by atoms with E-state index in [4.69, 9.17) is 14.2 Å². The number of hydrogen-bond donors (Lipinski definition) is 0. The summed E-state index contributed by atoms with van der Waals surface area (Å²) < 4.78 is 53.8. The molecule has 0 amide bonds. The van der Waals surface area contributed by atoms with Crippen molar-refractivity contribution >= 4 is 17.7 Å². The molecular formula is C20H23F3O6. The van der Waals surface area contributed by atoms with Gasteiger partial charge in [-0.2, -0.15) is 13.2 Å². The second-order valence-electron chi connectivity index (χ2n) is 6.57. The van der Waals surface area contributed by atoms with Crippen molar-refractivity contribution in [2.75, 3.05) is 26.4 Å². The van der Waals surface area contributed by atoms with Crippen LogP contribution in [0.5, 0.6) is 0 Å². The van der Waals surface area contributed by atoms with Gasteiger partial charge in [0.2, 0.25) is 5.92 Å². The smallest absolute Gasteiger partial charge is 0.416 e. The van der Waals surface area contributed by atoms with Gasteiger partial charge in [-0.25, -0.2) is 0 Å². The van der Waals surface area contributed by atoms with E-state index in [-0.39, 0.29) is 44.8 Å². The highest BCUT2D eigenvalue weighted by molar-refractivity contribution is 6.18. The fourth-order valence-electron chi connectivity index (χ4n) is 3.41. The van der Waals surface area contributed by atoms with E-state index in [2.05, 4.69) is 0 Å². The average Bonchev–Trinajstić information content (AvgIpc) is 2.68. The number of carbonyl (C=O) groups excluding carboxylic acids is 3. The molecule has 1 heterocycles. The third-order valence-electron chi connectivity index (χ3n) is 4.89. The molecule has 0 atom stereocenters. The van der Waals surface area contributed by atoms with Crippen LogP contribution in [-0.2, 0) is 40.2 Å². The lowest BCUT2D eigenvalue weighted by Crippen LogP contribution is -2.49. The van der Waals surface area contributed by atoms with Gasteiger partial charge in [0.25, 0.3) is 0 Å². The number of ether oxygens (including phenoxy) is 3. The number of halogens is 3. The molecule has 0 aromatic heterocycles. The Morgan fingerprint density at radius 3 is 1.90 bits per heavy atom. The number of alkyl halides is 3. The molecule has 0 saturated carbocycles. The van der Waals surface area contributed by atoms with Crippen molar-refractivity contribution < 1.29 is 41.8 Å². The van der Waals surface area contributed by atoms with Crippen molar-refractivity contribution in [1.29, 1.82) is 0 Å². The topological polar surface area (TPSA) is 78.9 Å². The van der Waals surface area contributed by atoms with Crippen molar-refractivity contribution in [3.63, 3.8) is 0 Å². The van der Waals surface area contributed by atoms with E-state index < -0.39 is 40.8 Å². The molecule has 0 aliphatic carbocycles. The van der Waals surface area contributed by atoms with Gasteiger partial charge in [0.1, 0.15) is 0 Å². The first kappa shape index (κ1) is 22.9. The SMILES string of the molecule is CCOC(=O)C(C(=O)OCC)C(=O)C1(c2ccc(C(F)(F)F)cc2)CCOCC1. The maximum Gasteiger partial charge on any atom is 0.416 e. The van der Waals surface area contributed by atoms with Crippen molar-refractivity contribution in [3.05, 3.63) is 35.4 Å². The Morgan fingerprint density at radius 2 is 1.48 bits per heavy atom. The molecule has 1 fully saturated rings. The zero-order chi connectivity index (χ0) is 21.7. The van der Waals surface area contributed by atoms with E-state index in [1.807, 2.05) is 0 Å². The van der Waals surface area contributed by atoms with Crippen molar-refractivity contribution in [2.45, 2.75) is 38.3 Å². The number of carbonyl (C=O) groups is 3. The molecule has 1 aliphatic heterocycles. The summed E-state index contributed by atoms with van der Waals surface area (Å²) in [6.45, 7) is 3.29. The Balaban J connectivity index is 2.49. The van der Waals surface area contributed by atoms with E-state index in [1.54, 1.807) is 0 Å². The zero-order valence-electron chi connectivity index (χ0n) is 16.2. The molecule has 160 valence electrons. The number of rotatable bonds is 7. The van der Waals surface area contributed by atoms with Gasteiger partial charge in [0.15, 0.2) is 5.78 Å². The van der Waals surface area contributed by atoms with Gasteiger partial charge in [0.05, 0.1) is 24.2 Å². The first-order valence-corrected chi connectivity index (χ1v) is 9.30. The number of hydrogen-bond acceptors (Lipinski definition) is 6. The molecule has 0 N–H and O–H groups in total. The third kappa shape index (κ3) is 4.95. The highest BCUT2D eigenvalue weighted by Crippen LogP contribution is 2.40. The monoisotopic (exact) mass is 416 g/mol. The van der Waals surface area contributed by atoms with Crippen LogP contribution in [0, 0.1) is 5.92 Å². The maximum atomic E-state index is 13.5. The van der Waals surface area contributed by atoms with Gasteiger partial charge in [-0.3, -0.25) is 14.4 Å². The summed E-state index contributed by atoms with van der Waals surface area (Å²) >= 11 is 0. The standard InChI is InChI=1S/C20H23F3O6/c1-3-28-17(25)15(18(26)29-4-2)16(24)19(9-11-27-12-10-19)13-5-7-14(8-6-13)20(21,22)23/h5-8,15H,3-4,9-12H2,1-2H3. The van der Waals surface area contributed by atoms with Gasteiger partial charge >= 0.3 is 18.1 Å². The first-order valence-electron chi connectivity index (χ1n) is 9.30. The number of Topliss-reactive ketones (excluding diaryl/α,β-unsaturated/α-hetero) is 1. The van der Waals surface area contributed by atoms with Crippen LogP contribution in [0.3, 0.4) is 0 Å². The summed E-state index contributed by atoms with van der Waals surface area (Å²) in [7, 11) is 0. The first-order chi connectivity index (χ1) is 13.7. The predicted molar refractivity (Wildman–Crippen MR) is 94.9 cm³/mol. The zero-order valence-corrected chi connectivity index (χ0v) is 16.2. The molecule has 0 radical (unpaired) electrons. The molecule has 2 rings (SSSR count). The lowest BCUT2D eigenvalue weighted by molar-refractivity contribution is -0.166. The van der Waals surface area contributed by atoms with E-state index in [0.29, 0.717) is 0 Å². The van der Waals surface area contributed by atoms with Gasteiger partial charge in [-0.15, -0.1) is 0 Å². The molecule has 1 aromatic rings. The lowest BCUT2D eigenvalue weighted by atomic mass is 9.67. The fraction of sp³-hybridized carbons (Fsp3) is 0.550. The molecule has 0 spiro atoms. The van der Waals surface area contributed by atoms with Crippen molar-refractivity contribution in [1.82, 2.24) is 0 Å². The second-order valence-corrected chi connectivity index (χ2v) is 6.57. The van der Waals surface area contributed by atoms with Crippen molar-refractivity contribution in [3.8, 4) is 0 Å². The van der Waals surface area contributed by atoms with Gasteiger partial charge < -0.3 is 14.2 Å². The summed E-state index contributed by atoms with van der Waals surface area (Å²) in [5.41, 5.74) is -1.92. The minimum Gasteiger partial charge on any atom is -0.465 e. The molecule has 1 aliphatic rings. The molecule has 9 heteroatoms. The van der Waals surface area contributed by atoms with E-state index in [9.17, 15) is 27.6 Å². The minimum atomic E-state index is -4.52. The van der Waals surface area contributed by atoms with Crippen LogP contribution in [0.1, 0.15) is 37.8 Å². The lowest BCUT2D eigenvalue weighted by Gasteiger charge is -2.37. The van der Waals surface area contributed by atoms with Gasteiger partial charge in [-0.05, 0) is 44.4 Å². The average molecular weight is 416 g/mol. The Morgan fingerprint density at radius 1 is 1.00 bits per heavy atom. The normalized spacial score (nSPS) is 16.3. The highest BCUT2D eigenvalue weighted by atomic mass is 19.4. The van der Waals surface area contributed by atoms with Crippen LogP contribution in [0.2, 0.25) is 0 Å². The summed E-state index contributed by atoms with van der Waals surface area (Å²) in [5, 5.41) is 0. The minimum absolute atomic E-state index is 0.0432. The van der Waals surface area contributed by atoms with Crippen molar-refractivity contribution in [2.24, 2.45) is 5.92 Å². The Labute approximate surface area is 166 Å². The van der Waals surface area contributed by atoms with E-state index >= 15 is 0 Å².